The van der Waals surface area contributed by atoms with Gasteiger partial charge in [-0.1, -0.05) is 12.1 Å². The molecule has 1 saturated heterocycles. The average molecular weight is 284 g/mol. The number of rotatable bonds is 2. The molecule has 1 fully saturated rings. The van der Waals surface area contributed by atoms with Crippen molar-refractivity contribution in [2.24, 2.45) is 5.14 Å². The van der Waals surface area contributed by atoms with E-state index >= 15 is 0 Å². The van der Waals surface area contributed by atoms with E-state index < -0.39 is 21.2 Å². The molecule has 1 aliphatic rings. The minimum Gasteiger partial charge on any atom is -0.282 e. The maximum absolute atomic E-state index is 11.3. The summed E-state index contributed by atoms with van der Waals surface area (Å²) in [6.07, 6.45) is 1.50. The lowest BCUT2D eigenvalue weighted by molar-refractivity contribution is -0.115. The van der Waals surface area contributed by atoms with Crippen LogP contribution in [0.2, 0.25) is 0 Å². The summed E-state index contributed by atoms with van der Waals surface area (Å²) in [5.74, 6) is -0.458. The normalized spacial score (nSPS) is 18.2. The highest BCUT2D eigenvalue weighted by atomic mass is 32.2. The second kappa shape index (κ2) is 4.56. The quantitative estimate of drug-likeness (QED) is 0.776. The fourth-order valence-electron chi connectivity index (χ4n) is 1.33. The van der Waals surface area contributed by atoms with Gasteiger partial charge >= 0.3 is 0 Å². The van der Waals surface area contributed by atoms with Crippen molar-refractivity contribution in [3.8, 4) is 0 Å². The molecule has 1 aromatic carbocycles. The molecule has 1 heterocycles. The average Bonchev–Trinajstić information content (AvgIpc) is 2.57. The lowest BCUT2D eigenvalue weighted by Gasteiger charge is -1.99. The van der Waals surface area contributed by atoms with Gasteiger partial charge < -0.3 is 0 Å². The fraction of sp³-hybridized carbons (Fsp3) is 0. The molecule has 8 heteroatoms. The van der Waals surface area contributed by atoms with Crippen molar-refractivity contribution in [1.82, 2.24) is 5.32 Å². The van der Waals surface area contributed by atoms with Gasteiger partial charge in [0.2, 0.25) is 10.0 Å². The Kier molecular flexibility index (Phi) is 3.24. The Labute approximate surface area is 107 Å². The molecular weight excluding hydrogens is 276 g/mol. The second-order valence-electron chi connectivity index (χ2n) is 3.47. The maximum Gasteiger partial charge on any atom is 0.290 e. The van der Waals surface area contributed by atoms with E-state index in [9.17, 15) is 18.0 Å². The monoisotopic (exact) mass is 284 g/mol. The molecule has 0 bridgehead atoms. The number of primary sulfonamides is 1. The number of imide groups is 1. The van der Waals surface area contributed by atoms with Gasteiger partial charge in [-0.3, -0.25) is 14.9 Å². The Hall–Kier alpha value is -1.64. The Bertz CT molecular complexity index is 647. The largest absolute Gasteiger partial charge is 0.290 e. The molecular formula is C10H8N2O4S2. The van der Waals surface area contributed by atoms with Gasteiger partial charge in [-0.15, -0.1) is 0 Å². The Morgan fingerprint density at radius 1 is 1.17 bits per heavy atom. The van der Waals surface area contributed by atoms with Crippen LogP contribution in [0.4, 0.5) is 4.79 Å². The van der Waals surface area contributed by atoms with Crippen LogP contribution < -0.4 is 10.5 Å². The van der Waals surface area contributed by atoms with Gasteiger partial charge in [0.25, 0.3) is 11.1 Å². The van der Waals surface area contributed by atoms with Crippen LogP contribution in [0.25, 0.3) is 6.08 Å². The fourth-order valence-corrected chi connectivity index (χ4v) is 2.52. The Balaban J connectivity index is 2.29. The van der Waals surface area contributed by atoms with Crippen molar-refractivity contribution in [3.63, 3.8) is 0 Å². The molecule has 0 aromatic heterocycles. The van der Waals surface area contributed by atoms with Crippen molar-refractivity contribution >= 4 is 39.0 Å². The number of nitrogens with one attached hydrogen (secondary N) is 1. The van der Waals surface area contributed by atoms with Crippen molar-refractivity contribution in [1.29, 1.82) is 0 Å². The first-order valence-corrected chi connectivity index (χ1v) is 7.10. The molecule has 0 aliphatic carbocycles. The third-order valence-corrected chi connectivity index (χ3v) is 3.89. The molecule has 2 rings (SSSR count). The van der Waals surface area contributed by atoms with Crippen LogP contribution in [0.15, 0.2) is 34.1 Å². The SMILES string of the molecule is NS(=O)(=O)c1ccc(/C=C2\SC(=O)NC2=O)cc1. The molecule has 3 N–H and O–H groups in total. The summed E-state index contributed by atoms with van der Waals surface area (Å²) in [6, 6.07) is 5.68. The summed E-state index contributed by atoms with van der Waals surface area (Å²) in [6.45, 7) is 0. The molecule has 1 aromatic rings. The molecule has 0 unspecified atom stereocenters. The summed E-state index contributed by atoms with van der Waals surface area (Å²) in [5, 5.41) is 6.65. The zero-order valence-electron chi connectivity index (χ0n) is 8.91. The van der Waals surface area contributed by atoms with E-state index in [-0.39, 0.29) is 9.80 Å². The number of carbonyl (C=O) groups excluding carboxylic acids is 2. The van der Waals surface area contributed by atoms with Crippen LogP contribution in [-0.4, -0.2) is 19.6 Å². The van der Waals surface area contributed by atoms with Gasteiger partial charge in [0.05, 0.1) is 9.80 Å². The first kappa shape index (κ1) is 12.8. The highest BCUT2D eigenvalue weighted by Crippen LogP contribution is 2.25. The summed E-state index contributed by atoms with van der Waals surface area (Å²) in [4.78, 5) is 22.5. The lowest BCUT2D eigenvalue weighted by Crippen LogP contribution is -2.17. The molecule has 0 radical (unpaired) electrons. The number of benzene rings is 1. The van der Waals surface area contributed by atoms with Crippen LogP contribution in [0.1, 0.15) is 5.56 Å². The molecule has 0 atom stereocenters. The predicted molar refractivity (Wildman–Crippen MR) is 66.9 cm³/mol. The Morgan fingerprint density at radius 2 is 1.78 bits per heavy atom. The second-order valence-corrected chi connectivity index (χ2v) is 6.04. The van der Waals surface area contributed by atoms with Crippen LogP contribution in [0, 0.1) is 0 Å². The summed E-state index contributed by atoms with van der Waals surface area (Å²) in [7, 11) is -3.73. The van der Waals surface area contributed by atoms with Gasteiger partial charge in [0, 0.05) is 0 Å². The highest BCUT2D eigenvalue weighted by Gasteiger charge is 2.24. The van der Waals surface area contributed by atoms with Gasteiger partial charge in [0.1, 0.15) is 0 Å². The first-order chi connectivity index (χ1) is 8.36. The molecule has 2 amide bonds. The molecule has 0 spiro atoms. The van der Waals surface area contributed by atoms with E-state index in [0.29, 0.717) is 5.56 Å². The third-order valence-electron chi connectivity index (χ3n) is 2.15. The molecule has 6 nitrogen and oxygen atoms in total. The zero-order valence-corrected chi connectivity index (χ0v) is 10.5. The first-order valence-electron chi connectivity index (χ1n) is 4.74. The van der Waals surface area contributed by atoms with Crippen molar-refractivity contribution in [3.05, 3.63) is 34.7 Å². The Morgan fingerprint density at radius 3 is 2.22 bits per heavy atom. The number of hydrogen-bond acceptors (Lipinski definition) is 5. The number of hydrogen-bond donors (Lipinski definition) is 2. The van der Waals surface area contributed by atoms with E-state index in [1.54, 1.807) is 0 Å². The van der Waals surface area contributed by atoms with Crippen molar-refractivity contribution in [2.45, 2.75) is 4.90 Å². The summed E-state index contributed by atoms with van der Waals surface area (Å²) in [5.41, 5.74) is 0.606. The van der Waals surface area contributed by atoms with Crippen molar-refractivity contribution in [2.75, 3.05) is 0 Å². The van der Waals surface area contributed by atoms with Gasteiger partial charge in [-0.2, -0.15) is 0 Å². The van der Waals surface area contributed by atoms with Crippen LogP contribution in [0.3, 0.4) is 0 Å². The van der Waals surface area contributed by atoms with Gasteiger partial charge in [0.15, 0.2) is 0 Å². The number of nitrogens with two attached hydrogens (primary N) is 1. The minimum atomic E-state index is -3.73. The van der Waals surface area contributed by atoms with E-state index in [0.717, 1.165) is 11.8 Å². The lowest BCUT2D eigenvalue weighted by atomic mass is 10.2. The van der Waals surface area contributed by atoms with E-state index in [2.05, 4.69) is 5.32 Å². The third kappa shape index (κ3) is 2.78. The van der Waals surface area contributed by atoms with Crippen LogP contribution in [-0.2, 0) is 14.8 Å². The number of carbonyl (C=O) groups is 2. The standard InChI is InChI=1S/C10H8N2O4S2/c11-18(15,16)7-3-1-6(2-4-7)5-8-9(13)12-10(14)17-8/h1-5H,(H2,11,15,16)(H,12,13,14)/b8-5-. The van der Waals surface area contributed by atoms with E-state index in [1.165, 1.54) is 30.3 Å². The molecule has 1 aliphatic heterocycles. The van der Waals surface area contributed by atoms with E-state index in [4.69, 9.17) is 5.14 Å². The predicted octanol–water partition coefficient (Wildman–Crippen LogP) is 0.658. The molecule has 18 heavy (non-hydrogen) atoms. The molecule has 0 saturated carbocycles. The van der Waals surface area contributed by atoms with E-state index in [1.807, 2.05) is 0 Å². The smallest absolute Gasteiger partial charge is 0.282 e. The van der Waals surface area contributed by atoms with Gasteiger partial charge in [-0.05, 0) is 35.5 Å². The number of sulfonamides is 1. The number of thioether (sulfide) groups is 1. The highest BCUT2D eigenvalue weighted by molar-refractivity contribution is 8.18. The summed E-state index contributed by atoms with van der Waals surface area (Å²) >= 11 is 0.797. The van der Waals surface area contributed by atoms with Crippen LogP contribution in [0.5, 0.6) is 0 Å². The van der Waals surface area contributed by atoms with Crippen LogP contribution >= 0.6 is 11.8 Å². The molecule has 94 valence electrons. The summed E-state index contributed by atoms with van der Waals surface area (Å²) < 4.78 is 22.1. The minimum absolute atomic E-state index is 0.00995. The number of amides is 2. The topological polar surface area (TPSA) is 106 Å². The van der Waals surface area contributed by atoms with Gasteiger partial charge in [-0.25, -0.2) is 13.6 Å². The van der Waals surface area contributed by atoms with Crippen molar-refractivity contribution < 1.29 is 18.0 Å². The maximum atomic E-state index is 11.3. The zero-order chi connectivity index (χ0) is 13.3.